The first kappa shape index (κ1) is 24.8. The first-order chi connectivity index (χ1) is 19.6. The molecule has 1 saturated heterocycles. The molecule has 0 bridgehead atoms. The molecule has 7 rings (SSSR count). The van der Waals surface area contributed by atoms with Gasteiger partial charge < -0.3 is 19.8 Å². The molecule has 1 saturated carbocycles. The van der Waals surface area contributed by atoms with E-state index >= 15 is 0 Å². The van der Waals surface area contributed by atoms with Gasteiger partial charge in [0, 0.05) is 48.5 Å². The van der Waals surface area contributed by atoms with E-state index in [4.69, 9.17) is 15.2 Å². The van der Waals surface area contributed by atoms with Crippen molar-refractivity contribution >= 4 is 27.6 Å². The van der Waals surface area contributed by atoms with Gasteiger partial charge in [-0.15, -0.1) is 0 Å². The molecule has 0 spiro atoms. The molecule has 4 heterocycles. The largest absolute Gasteiger partial charge is 0.495 e. The number of benzene rings is 2. The second-order valence-corrected chi connectivity index (χ2v) is 10.8. The number of nitrogen functional groups attached to an aromatic ring is 1. The lowest BCUT2D eigenvalue weighted by molar-refractivity contribution is 0.0182. The molecule has 2 fully saturated rings. The van der Waals surface area contributed by atoms with Gasteiger partial charge >= 0.3 is 0 Å². The Balaban J connectivity index is 1.28. The van der Waals surface area contributed by atoms with Crippen LogP contribution in [0.1, 0.15) is 18.9 Å². The minimum atomic E-state index is -0.109. The summed E-state index contributed by atoms with van der Waals surface area (Å²) in [5.41, 5.74) is 9.77. The van der Waals surface area contributed by atoms with E-state index < -0.39 is 0 Å². The van der Waals surface area contributed by atoms with Crippen LogP contribution in [0.3, 0.4) is 0 Å². The Morgan fingerprint density at radius 2 is 1.82 bits per heavy atom. The number of rotatable bonds is 6. The van der Waals surface area contributed by atoms with Gasteiger partial charge in [-0.3, -0.25) is 14.3 Å². The molecule has 204 valence electrons. The van der Waals surface area contributed by atoms with Crippen molar-refractivity contribution in [3.63, 3.8) is 0 Å². The van der Waals surface area contributed by atoms with Crippen LogP contribution in [0.2, 0.25) is 0 Å². The van der Waals surface area contributed by atoms with E-state index in [-0.39, 0.29) is 5.56 Å². The quantitative estimate of drug-likeness (QED) is 0.346. The molecule has 40 heavy (non-hydrogen) atoms. The summed E-state index contributed by atoms with van der Waals surface area (Å²) in [5.74, 6) is 1.74. The zero-order chi connectivity index (χ0) is 27.2. The maximum atomic E-state index is 13.7. The van der Waals surface area contributed by atoms with Crippen molar-refractivity contribution in [2.24, 2.45) is 5.92 Å². The summed E-state index contributed by atoms with van der Waals surface area (Å²) in [5, 5.41) is 2.16. The molecular weight excluding hydrogens is 504 g/mol. The Hall–Kier alpha value is -4.21. The van der Waals surface area contributed by atoms with Crippen molar-refractivity contribution in [3.8, 4) is 22.6 Å². The molecule has 0 radical (unpaired) electrons. The van der Waals surface area contributed by atoms with E-state index in [1.54, 1.807) is 17.9 Å². The Morgan fingerprint density at radius 3 is 2.60 bits per heavy atom. The monoisotopic (exact) mass is 536 g/mol. The van der Waals surface area contributed by atoms with Crippen molar-refractivity contribution in [2.45, 2.75) is 18.9 Å². The average Bonchev–Trinajstić information content (AvgIpc) is 3.36. The maximum Gasteiger partial charge on any atom is 0.263 e. The summed E-state index contributed by atoms with van der Waals surface area (Å²) in [7, 11) is 1.62. The van der Waals surface area contributed by atoms with Gasteiger partial charge in [-0.2, -0.15) is 0 Å². The second-order valence-electron chi connectivity index (χ2n) is 10.8. The number of anilines is 1. The first-order valence-corrected chi connectivity index (χ1v) is 13.8. The van der Waals surface area contributed by atoms with E-state index in [2.05, 4.69) is 25.6 Å². The standard InChI is InChI=1S/C31H32N6O3/c1-39-27-18-37(22-5-3-2-4-6-22)31(38)25-15-21(7-8-24(25)27)26-17-36(30-28(26)29(32)33-19-34-30)23-13-20(14-23)16-35-9-11-40-12-10-35/h2-8,15,17-20,23H,9-14,16H2,1H3,(H2,32,33,34). The van der Waals surface area contributed by atoms with Gasteiger partial charge in [-0.05, 0) is 48.6 Å². The van der Waals surface area contributed by atoms with Gasteiger partial charge in [-0.25, -0.2) is 9.97 Å². The minimum absolute atomic E-state index is 0.109. The number of pyridine rings is 1. The second kappa shape index (κ2) is 10.1. The topological polar surface area (TPSA) is 100 Å². The van der Waals surface area contributed by atoms with Gasteiger partial charge in [-0.1, -0.05) is 24.3 Å². The van der Waals surface area contributed by atoms with Crippen LogP contribution in [0.15, 0.2) is 72.0 Å². The van der Waals surface area contributed by atoms with Crippen LogP contribution in [0.5, 0.6) is 5.75 Å². The molecule has 5 aromatic rings. The number of hydrogen-bond donors (Lipinski definition) is 1. The molecule has 3 aromatic heterocycles. The number of ether oxygens (including phenoxy) is 2. The molecule has 0 amide bonds. The van der Waals surface area contributed by atoms with Crippen molar-refractivity contribution in [2.75, 3.05) is 45.7 Å². The third-order valence-corrected chi connectivity index (χ3v) is 8.41. The highest BCUT2D eigenvalue weighted by Gasteiger charge is 2.34. The Bertz CT molecular complexity index is 1750. The number of nitrogens with two attached hydrogens (primary N) is 1. The van der Waals surface area contributed by atoms with Crippen LogP contribution < -0.4 is 16.0 Å². The smallest absolute Gasteiger partial charge is 0.263 e. The molecule has 2 N–H and O–H groups in total. The summed E-state index contributed by atoms with van der Waals surface area (Å²) >= 11 is 0. The first-order valence-electron chi connectivity index (χ1n) is 13.8. The predicted molar refractivity (Wildman–Crippen MR) is 156 cm³/mol. The number of methoxy groups -OCH3 is 1. The van der Waals surface area contributed by atoms with Gasteiger partial charge in [0.15, 0.2) is 0 Å². The van der Waals surface area contributed by atoms with E-state index in [0.717, 1.165) is 78.9 Å². The fraction of sp³-hybridized carbons (Fsp3) is 0.323. The van der Waals surface area contributed by atoms with Crippen LogP contribution in [-0.4, -0.2) is 64.0 Å². The average molecular weight is 537 g/mol. The lowest BCUT2D eigenvalue weighted by Crippen LogP contribution is -2.42. The van der Waals surface area contributed by atoms with Crippen molar-refractivity contribution in [1.82, 2.24) is 24.0 Å². The Kier molecular flexibility index (Phi) is 6.25. The number of fused-ring (bicyclic) bond motifs is 2. The van der Waals surface area contributed by atoms with Crippen LogP contribution in [-0.2, 0) is 4.74 Å². The Morgan fingerprint density at radius 1 is 1.02 bits per heavy atom. The van der Waals surface area contributed by atoms with Crippen LogP contribution in [0, 0.1) is 5.92 Å². The van der Waals surface area contributed by atoms with E-state index in [9.17, 15) is 4.79 Å². The summed E-state index contributed by atoms with van der Waals surface area (Å²) in [4.78, 5) is 25.2. The number of aromatic nitrogens is 4. The van der Waals surface area contributed by atoms with E-state index in [1.807, 2.05) is 48.5 Å². The summed E-state index contributed by atoms with van der Waals surface area (Å²) in [6, 6.07) is 15.8. The van der Waals surface area contributed by atoms with E-state index in [0.29, 0.717) is 28.9 Å². The SMILES string of the molecule is COc1cn(-c2ccccc2)c(=O)c2cc(-c3cn(C4CC(CN5CCOCC5)C4)c4ncnc(N)c34)ccc12. The fourth-order valence-corrected chi connectivity index (χ4v) is 6.25. The summed E-state index contributed by atoms with van der Waals surface area (Å²) < 4.78 is 15.1. The number of nitrogens with zero attached hydrogens (tertiary/aromatic N) is 5. The molecule has 0 unspecified atom stereocenters. The maximum absolute atomic E-state index is 13.7. The van der Waals surface area contributed by atoms with E-state index in [1.165, 1.54) is 6.33 Å². The predicted octanol–water partition coefficient (Wildman–Crippen LogP) is 4.28. The zero-order valence-corrected chi connectivity index (χ0v) is 22.5. The van der Waals surface area contributed by atoms with Crippen molar-refractivity contribution in [1.29, 1.82) is 0 Å². The van der Waals surface area contributed by atoms with Gasteiger partial charge in [0.2, 0.25) is 0 Å². The number of para-hydroxylation sites is 1. The molecule has 1 aliphatic heterocycles. The number of morpholine rings is 1. The van der Waals surface area contributed by atoms with Crippen molar-refractivity contribution < 1.29 is 9.47 Å². The molecular formula is C31H32N6O3. The molecule has 2 aromatic carbocycles. The number of hydrogen-bond acceptors (Lipinski definition) is 7. The Labute approximate surface area is 231 Å². The summed E-state index contributed by atoms with van der Waals surface area (Å²) in [6.45, 7) is 4.79. The fourth-order valence-electron chi connectivity index (χ4n) is 6.25. The molecule has 9 heteroatoms. The van der Waals surface area contributed by atoms with Crippen LogP contribution >= 0.6 is 0 Å². The third-order valence-electron chi connectivity index (χ3n) is 8.41. The minimum Gasteiger partial charge on any atom is -0.495 e. The highest BCUT2D eigenvalue weighted by molar-refractivity contribution is 6.02. The van der Waals surface area contributed by atoms with Crippen LogP contribution in [0.4, 0.5) is 5.82 Å². The molecule has 0 atom stereocenters. The lowest BCUT2D eigenvalue weighted by atomic mass is 9.79. The highest BCUT2D eigenvalue weighted by Crippen LogP contribution is 2.43. The summed E-state index contributed by atoms with van der Waals surface area (Å²) in [6.07, 6.45) is 7.62. The highest BCUT2D eigenvalue weighted by atomic mass is 16.5. The molecule has 1 aliphatic carbocycles. The molecule has 9 nitrogen and oxygen atoms in total. The molecule has 2 aliphatic rings. The van der Waals surface area contributed by atoms with Crippen molar-refractivity contribution in [3.05, 3.63) is 77.6 Å². The lowest BCUT2D eigenvalue weighted by Gasteiger charge is -2.40. The van der Waals surface area contributed by atoms with Gasteiger partial charge in [0.25, 0.3) is 5.56 Å². The third kappa shape index (κ3) is 4.22. The van der Waals surface area contributed by atoms with Gasteiger partial charge in [0.05, 0.1) is 37.3 Å². The normalized spacial score (nSPS) is 19.6. The van der Waals surface area contributed by atoms with Gasteiger partial charge in [0.1, 0.15) is 23.5 Å². The van der Waals surface area contributed by atoms with Crippen LogP contribution in [0.25, 0.3) is 38.6 Å². The zero-order valence-electron chi connectivity index (χ0n) is 22.5.